The Morgan fingerprint density at radius 1 is 1.18 bits per heavy atom. The van der Waals surface area contributed by atoms with Gasteiger partial charge < -0.3 is 4.74 Å². The molecule has 22 heavy (non-hydrogen) atoms. The van der Waals surface area contributed by atoms with Gasteiger partial charge in [-0.2, -0.15) is 11.3 Å². The molecule has 0 amide bonds. The maximum Gasteiger partial charge on any atom is 0.215 e. The second-order valence-corrected chi connectivity index (χ2v) is 8.06. The molecule has 6 heteroatoms. The molecule has 0 saturated carbocycles. The first-order valence-electron chi connectivity index (χ1n) is 7.31. The van der Waals surface area contributed by atoms with Crippen molar-refractivity contribution in [3.8, 4) is 0 Å². The van der Waals surface area contributed by atoms with Crippen LogP contribution in [-0.4, -0.2) is 21.1 Å². The van der Waals surface area contributed by atoms with E-state index in [0.717, 1.165) is 24.0 Å². The van der Waals surface area contributed by atoms with Gasteiger partial charge in [0.15, 0.2) is 0 Å². The second kappa shape index (κ2) is 6.91. The molecule has 2 heterocycles. The van der Waals surface area contributed by atoms with Crippen molar-refractivity contribution < 1.29 is 13.2 Å². The van der Waals surface area contributed by atoms with Gasteiger partial charge in [-0.15, -0.1) is 0 Å². The minimum atomic E-state index is -3.30. The fourth-order valence-electron chi connectivity index (χ4n) is 2.63. The summed E-state index contributed by atoms with van der Waals surface area (Å²) in [4.78, 5) is 0. The van der Waals surface area contributed by atoms with Crippen LogP contribution in [0.2, 0.25) is 0 Å². The predicted octanol–water partition coefficient (Wildman–Crippen LogP) is 3.09. The Morgan fingerprint density at radius 2 is 2.00 bits per heavy atom. The maximum absolute atomic E-state index is 12.0. The standard InChI is InChI=1S/C16H19NO3S2/c18-22(19,12-13-8-9-21-11-13)17-10-15-6-7-16(20-15)14-4-2-1-3-5-14/h1-5,8-9,11,15-17H,6-7,10,12H2/t15-,16-/m0/s1. The summed E-state index contributed by atoms with van der Waals surface area (Å²) < 4.78 is 32.7. The van der Waals surface area contributed by atoms with E-state index >= 15 is 0 Å². The molecular formula is C16H19NO3S2. The van der Waals surface area contributed by atoms with Crippen molar-refractivity contribution in [2.24, 2.45) is 0 Å². The van der Waals surface area contributed by atoms with Crippen LogP contribution in [0.3, 0.4) is 0 Å². The van der Waals surface area contributed by atoms with Crippen LogP contribution in [0, 0.1) is 0 Å². The van der Waals surface area contributed by atoms with Crippen LogP contribution >= 0.6 is 11.3 Å². The molecule has 0 unspecified atom stereocenters. The highest BCUT2D eigenvalue weighted by Gasteiger charge is 2.27. The molecule has 0 radical (unpaired) electrons. The molecule has 0 spiro atoms. The van der Waals surface area contributed by atoms with Crippen LogP contribution in [0.25, 0.3) is 0 Å². The van der Waals surface area contributed by atoms with Gasteiger partial charge in [-0.1, -0.05) is 30.3 Å². The molecule has 118 valence electrons. The largest absolute Gasteiger partial charge is 0.369 e. The molecule has 1 fully saturated rings. The normalized spacial score (nSPS) is 22.0. The van der Waals surface area contributed by atoms with E-state index < -0.39 is 10.0 Å². The van der Waals surface area contributed by atoms with Gasteiger partial charge in [0, 0.05) is 6.54 Å². The van der Waals surface area contributed by atoms with Crippen LogP contribution in [0.1, 0.15) is 30.1 Å². The van der Waals surface area contributed by atoms with Gasteiger partial charge in [0.1, 0.15) is 0 Å². The summed E-state index contributed by atoms with van der Waals surface area (Å²) in [6.45, 7) is 0.343. The Labute approximate surface area is 135 Å². The van der Waals surface area contributed by atoms with E-state index in [1.165, 1.54) is 11.3 Å². The lowest BCUT2D eigenvalue weighted by Crippen LogP contribution is -2.32. The van der Waals surface area contributed by atoms with Gasteiger partial charge in [0.2, 0.25) is 10.0 Å². The molecule has 1 aliphatic heterocycles. The molecule has 2 atom stereocenters. The molecular weight excluding hydrogens is 318 g/mol. The van der Waals surface area contributed by atoms with Crippen LogP contribution in [0.4, 0.5) is 0 Å². The Balaban J connectivity index is 1.50. The van der Waals surface area contributed by atoms with Crippen molar-refractivity contribution >= 4 is 21.4 Å². The molecule has 1 aliphatic rings. The van der Waals surface area contributed by atoms with Gasteiger partial charge in [0.25, 0.3) is 0 Å². The zero-order chi connectivity index (χ0) is 15.4. The summed E-state index contributed by atoms with van der Waals surface area (Å²) in [6.07, 6.45) is 1.83. The average molecular weight is 337 g/mol. The summed E-state index contributed by atoms with van der Waals surface area (Å²) in [5.41, 5.74) is 1.98. The third kappa shape index (κ3) is 4.16. The molecule has 0 aliphatic carbocycles. The molecule has 1 aromatic heterocycles. The number of rotatable bonds is 6. The van der Waals surface area contributed by atoms with Crippen LogP contribution in [0.15, 0.2) is 47.2 Å². The van der Waals surface area contributed by atoms with Gasteiger partial charge in [-0.25, -0.2) is 13.1 Å². The lowest BCUT2D eigenvalue weighted by molar-refractivity contribution is 0.0478. The number of thiophene rings is 1. The predicted molar refractivity (Wildman–Crippen MR) is 88.2 cm³/mol. The van der Waals surface area contributed by atoms with E-state index in [-0.39, 0.29) is 18.0 Å². The van der Waals surface area contributed by atoms with Gasteiger partial charge in [0.05, 0.1) is 18.0 Å². The number of nitrogens with one attached hydrogen (secondary N) is 1. The summed E-state index contributed by atoms with van der Waals surface area (Å²) in [7, 11) is -3.30. The Hall–Kier alpha value is -1.21. The van der Waals surface area contributed by atoms with Crippen molar-refractivity contribution in [2.75, 3.05) is 6.54 Å². The van der Waals surface area contributed by atoms with E-state index in [9.17, 15) is 8.42 Å². The van der Waals surface area contributed by atoms with Crippen molar-refractivity contribution in [3.63, 3.8) is 0 Å². The minimum absolute atomic E-state index is 0.0331. The van der Waals surface area contributed by atoms with E-state index in [0.29, 0.717) is 6.54 Å². The van der Waals surface area contributed by atoms with Crippen molar-refractivity contribution in [1.29, 1.82) is 0 Å². The Kier molecular flexibility index (Phi) is 4.93. The monoisotopic (exact) mass is 337 g/mol. The second-order valence-electron chi connectivity index (χ2n) is 5.47. The quantitative estimate of drug-likeness (QED) is 0.881. The first kappa shape index (κ1) is 15.7. The van der Waals surface area contributed by atoms with Gasteiger partial charge in [-0.05, 0) is 40.8 Å². The number of sulfonamides is 1. The summed E-state index contributed by atoms with van der Waals surface area (Å²) in [6, 6.07) is 11.9. The highest BCUT2D eigenvalue weighted by atomic mass is 32.2. The summed E-state index contributed by atoms with van der Waals surface area (Å²) >= 11 is 1.50. The first-order valence-corrected chi connectivity index (χ1v) is 9.91. The van der Waals surface area contributed by atoms with Crippen LogP contribution < -0.4 is 4.72 Å². The third-order valence-corrected chi connectivity index (χ3v) is 5.80. The molecule has 0 bridgehead atoms. The van der Waals surface area contributed by atoms with E-state index in [1.807, 2.05) is 47.2 Å². The fraction of sp³-hybridized carbons (Fsp3) is 0.375. The van der Waals surface area contributed by atoms with E-state index in [1.54, 1.807) is 0 Å². The van der Waals surface area contributed by atoms with Gasteiger partial charge >= 0.3 is 0 Å². The van der Waals surface area contributed by atoms with Crippen molar-refractivity contribution in [1.82, 2.24) is 4.72 Å². The van der Waals surface area contributed by atoms with Crippen LogP contribution in [-0.2, 0) is 20.5 Å². The SMILES string of the molecule is O=S(=O)(Cc1ccsc1)NC[C@@H]1CC[C@@H](c2ccccc2)O1. The van der Waals surface area contributed by atoms with Crippen LogP contribution in [0.5, 0.6) is 0 Å². The topological polar surface area (TPSA) is 55.4 Å². The zero-order valence-electron chi connectivity index (χ0n) is 12.1. The van der Waals surface area contributed by atoms with Crippen molar-refractivity contribution in [3.05, 3.63) is 58.3 Å². The number of hydrogen-bond acceptors (Lipinski definition) is 4. The molecule has 4 nitrogen and oxygen atoms in total. The number of benzene rings is 1. The fourth-order valence-corrected chi connectivity index (χ4v) is 4.57. The smallest absolute Gasteiger partial charge is 0.215 e. The lowest BCUT2D eigenvalue weighted by atomic mass is 10.1. The van der Waals surface area contributed by atoms with E-state index in [2.05, 4.69) is 4.72 Å². The molecule has 1 N–H and O–H groups in total. The minimum Gasteiger partial charge on any atom is -0.369 e. The summed E-state index contributed by atoms with van der Waals surface area (Å²) in [5.74, 6) is 0.0331. The zero-order valence-corrected chi connectivity index (χ0v) is 13.8. The molecule has 2 aromatic rings. The maximum atomic E-state index is 12.0. The lowest BCUT2D eigenvalue weighted by Gasteiger charge is -2.14. The average Bonchev–Trinajstić information content (AvgIpc) is 3.17. The number of ether oxygens (including phenoxy) is 1. The first-order chi connectivity index (χ1) is 10.6. The highest BCUT2D eigenvalue weighted by molar-refractivity contribution is 7.88. The molecule has 1 aromatic carbocycles. The number of hydrogen-bond donors (Lipinski definition) is 1. The van der Waals surface area contributed by atoms with E-state index in [4.69, 9.17) is 4.74 Å². The Morgan fingerprint density at radius 3 is 2.73 bits per heavy atom. The van der Waals surface area contributed by atoms with Gasteiger partial charge in [-0.3, -0.25) is 0 Å². The molecule has 1 saturated heterocycles. The third-order valence-electron chi connectivity index (χ3n) is 3.75. The molecule has 3 rings (SSSR count). The highest BCUT2D eigenvalue weighted by Crippen LogP contribution is 2.32. The Bertz CT molecular complexity index is 683. The summed E-state index contributed by atoms with van der Waals surface area (Å²) in [5, 5.41) is 3.74. The van der Waals surface area contributed by atoms with Crippen molar-refractivity contribution in [2.45, 2.75) is 30.8 Å².